The molecule has 0 nitrogen and oxygen atoms in total. The Labute approximate surface area is 163 Å². The van der Waals surface area contributed by atoms with E-state index in [9.17, 15) is 0 Å². The zero-order valence-electron chi connectivity index (χ0n) is 17.9. The monoisotopic (exact) mass is 354 g/mol. The Morgan fingerprint density at radius 3 is 2.42 bits per heavy atom. The first-order valence-electron chi connectivity index (χ1n) is 11.9. The van der Waals surface area contributed by atoms with Crippen molar-refractivity contribution in [3.63, 3.8) is 0 Å². The summed E-state index contributed by atoms with van der Waals surface area (Å²) in [6, 6.07) is 0. The average molecular weight is 355 g/mol. The quantitative estimate of drug-likeness (QED) is 0.461. The van der Waals surface area contributed by atoms with Gasteiger partial charge in [0, 0.05) is 6.42 Å². The lowest BCUT2D eigenvalue weighted by Crippen LogP contribution is -2.53. The van der Waals surface area contributed by atoms with Crippen molar-refractivity contribution in [3.05, 3.63) is 0 Å². The van der Waals surface area contributed by atoms with Gasteiger partial charge in [0.2, 0.25) is 0 Å². The van der Waals surface area contributed by atoms with E-state index in [1.165, 1.54) is 51.4 Å². The number of hydrogen-bond acceptors (Lipinski definition) is 0. The molecule has 0 radical (unpaired) electrons. The Morgan fingerprint density at radius 2 is 1.65 bits per heavy atom. The summed E-state index contributed by atoms with van der Waals surface area (Å²) >= 11 is 0. The molecule has 0 bridgehead atoms. The van der Waals surface area contributed by atoms with E-state index in [4.69, 9.17) is 0 Å². The lowest BCUT2D eigenvalue weighted by atomic mass is 9.44. The van der Waals surface area contributed by atoms with E-state index in [0.29, 0.717) is 10.8 Å². The largest absolute Gasteiger partial charge is 0.107 e. The highest BCUT2D eigenvalue weighted by Gasteiger charge is 2.59. The normalized spacial score (nSPS) is 50.2. The van der Waals surface area contributed by atoms with Crippen molar-refractivity contribution >= 4 is 0 Å². The van der Waals surface area contributed by atoms with Crippen LogP contribution in [0.25, 0.3) is 0 Å². The molecule has 0 aromatic carbocycles. The smallest absolute Gasteiger partial charge is 0.00914 e. The first kappa shape index (κ1) is 18.9. The maximum atomic E-state index is 3.35. The third-order valence-electron chi connectivity index (χ3n) is 10.3. The minimum absolute atomic E-state index is 0.639. The fourth-order valence-electron chi connectivity index (χ4n) is 8.67. The highest BCUT2D eigenvalue weighted by atomic mass is 14.6. The van der Waals surface area contributed by atoms with Gasteiger partial charge in [-0.1, -0.05) is 27.2 Å². The molecular weight excluding hydrogens is 312 g/mol. The number of rotatable bonds is 3. The lowest BCUT2D eigenvalue weighted by molar-refractivity contribution is -0.118. The summed E-state index contributed by atoms with van der Waals surface area (Å²) in [4.78, 5) is 0. The molecule has 0 heterocycles. The van der Waals surface area contributed by atoms with Crippen molar-refractivity contribution in [2.75, 3.05) is 0 Å². The lowest BCUT2D eigenvalue weighted by Gasteiger charge is -2.61. The number of fused-ring (bicyclic) bond motifs is 5. The van der Waals surface area contributed by atoms with E-state index >= 15 is 0 Å². The molecular formula is C26H42. The van der Waals surface area contributed by atoms with Crippen molar-refractivity contribution in [2.24, 2.45) is 46.3 Å². The Balaban J connectivity index is 1.51. The maximum Gasteiger partial charge on any atom is 0.00914 e. The second-order valence-corrected chi connectivity index (χ2v) is 11.0. The van der Waals surface area contributed by atoms with E-state index in [1.54, 1.807) is 19.3 Å². The zero-order valence-corrected chi connectivity index (χ0v) is 17.9. The van der Waals surface area contributed by atoms with Crippen LogP contribution in [0, 0.1) is 58.2 Å². The predicted molar refractivity (Wildman–Crippen MR) is 112 cm³/mol. The van der Waals surface area contributed by atoms with Crippen LogP contribution in [0.3, 0.4) is 0 Å². The van der Waals surface area contributed by atoms with Crippen molar-refractivity contribution in [1.29, 1.82) is 0 Å². The molecule has 4 aliphatic carbocycles. The highest BCUT2D eigenvalue weighted by Crippen LogP contribution is 2.68. The topological polar surface area (TPSA) is 0 Å². The third-order valence-corrected chi connectivity index (χ3v) is 10.3. The third kappa shape index (κ3) is 2.88. The van der Waals surface area contributed by atoms with Gasteiger partial charge in [-0.05, 0) is 117 Å². The summed E-state index contributed by atoms with van der Waals surface area (Å²) in [5, 5.41) is 0. The molecule has 0 amide bonds. The molecule has 4 rings (SSSR count). The summed E-state index contributed by atoms with van der Waals surface area (Å²) in [6.45, 7) is 9.84. The molecule has 4 fully saturated rings. The van der Waals surface area contributed by atoms with Crippen LogP contribution in [-0.4, -0.2) is 0 Å². The van der Waals surface area contributed by atoms with Crippen molar-refractivity contribution in [1.82, 2.24) is 0 Å². The van der Waals surface area contributed by atoms with E-state index < -0.39 is 0 Å². The van der Waals surface area contributed by atoms with Gasteiger partial charge >= 0.3 is 0 Å². The standard InChI is InChI=1S/C26H42/c1-5-7-8-9-20-11-13-23-22-12-10-21-18-19(6-2)14-16-26(21,4)24(22)15-17-25(20,23)3/h19-24H,6,8-18H2,1-4H3/t19-,20?,21?,22?,23?,24?,25?,26?/m0/s1. The van der Waals surface area contributed by atoms with E-state index in [1.807, 2.05) is 6.92 Å². The molecule has 26 heavy (non-hydrogen) atoms. The Morgan fingerprint density at radius 1 is 0.885 bits per heavy atom. The van der Waals surface area contributed by atoms with Crippen LogP contribution >= 0.6 is 0 Å². The van der Waals surface area contributed by atoms with E-state index in [2.05, 4.69) is 32.6 Å². The Kier molecular flexibility index (Phi) is 5.22. The summed E-state index contributed by atoms with van der Waals surface area (Å²) in [7, 11) is 0. The Hall–Kier alpha value is -0.440. The average Bonchev–Trinajstić information content (AvgIpc) is 2.98. The zero-order chi connectivity index (χ0) is 18.4. The predicted octanol–water partition coefficient (Wildman–Crippen LogP) is 7.48. The highest BCUT2D eigenvalue weighted by molar-refractivity contribution is 5.09. The maximum absolute atomic E-state index is 3.35. The summed E-state index contributed by atoms with van der Waals surface area (Å²) in [5.41, 5.74) is 1.32. The van der Waals surface area contributed by atoms with Crippen LogP contribution in [0.15, 0.2) is 0 Å². The molecule has 7 unspecified atom stereocenters. The molecule has 8 atom stereocenters. The minimum atomic E-state index is 0.639. The van der Waals surface area contributed by atoms with Gasteiger partial charge in [0.15, 0.2) is 0 Å². The fraction of sp³-hybridized carbons (Fsp3) is 0.923. The van der Waals surface area contributed by atoms with Crippen LogP contribution in [0.1, 0.15) is 105 Å². The molecule has 0 saturated heterocycles. The first-order chi connectivity index (χ1) is 12.5. The van der Waals surface area contributed by atoms with Gasteiger partial charge in [-0.25, -0.2) is 0 Å². The van der Waals surface area contributed by atoms with Gasteiger partial charge in [0.1, 0.15) is 0 Å². The van der Waals surface area contributed by atoms with Crippen LogP contribution in [0.5, 0.6) is 0 Å². The van der Waals surface area contributed by atoms with E-state index in [-0.39, 0.29) is 0 Å². The van der Waals surface area contributed by atoms with Crippen molar-refractivity contribution in [2.45, 2.75) is 105 Å². The van der Waals surface area contributed by atoms with Crippen LogP contribution in [-0.2, 0) is 0 Å². The van der Waals surface area contributed by atoms with Crippen LogP contribution < -0.4 is 0 Å². The van der Waals surface area contributed by atoms with Gasteiger partial charge in [0.05, 0.1) is 0 Å². The molecule has 0 aliphatic heterocycles. The summed E-state index contributed by atoms with van der Waals surface area (Å²) in [6.07, 6.45) is 17.7. The summed E-state index contributed by atoms with van der Waals surface area (Å²) < 4.78 is 0. The second kappa shape index (κ2) is 7.18. The molecule has 0 N–H and O–H groups in total. The van der Waals surface area contributed by atoms with Crippen LogP contribution in [0.2, 0.25) is 0 Å². The molecule has 0 spiro atoms. The van der Waals surface area contributed by atoms with Gasteiger partial charge in [-0.2, -0.15) is 0 Å². The second-order valence-electron chi connectivity index (χ2n) is 11.0. The van der Waals surface area contributed by atoms with Crippen LogP contribution in [0.4, 0.5) is 0 Å². The van der Waals surface area contributed by atoms with Gasteiger partial charge in [0.25, 0.3) is 0 Å². The fourth-order valence-corrected chi connectivity index (χ4v) is 8.67. The van der Waals surface area contributed by atoms with E-state index in [0.717, 1.165) is 41.9 Å². The molecule has 4 aliphatic rings. The van der Waals surface area contributed by atoms with Crippen molar-refractivity contribution in [3.8, 4) is 11.8 Å². The van der Waals surface area contributed by atoms with Gasteiger partial charge < -0.3 is 0 Å². The Bertz CT molecular complexity index is 564. The minimum Gasteiger partial charge on any atom is -0.107 e. The number of hydrogen-bond donors (Lipinski definition) is 0. The van der Waals surface area contributed by atoms with Gasteiger partial charge in [-0.15, -0.1) is 11.8 Å². The van der Waals surface area contributed by atoms with Gasteiger partial charge in [-0.3, -0.25) is 0 Å². The molecule has 0 aromatic heterocycles. The molecule has 146 valence electrons. The molecule has 0 aromatic rings. The molecule has 4 saturated carbocycles. The first-order valence-corrected chi connectivity index (χ1v) is 11.9. The summed E-state index contributed by atoms with van der Waals surface area (Å²) in [5.74, 6) is 12.6. The molecule has 0 heteroatoms. The SMILES string of the molecule is CC#CCCC1CCC2C3CCC4C[C@@H](CC)CCC4(C)C3CCC12C. The van der Waals surface area contributed by atoms with Crippen molar-refractivity contribution < 1.29 is 0 Å².